The Morgan fingerprint density at radius 2 is 1.84 bits per heavy atom. The van der Waals surface area contributed by atoms with Gasteiger partial charge in [0.05, 0.1) is 5.52 Å². The van der Waals surface area contributed by atoms with Crippen molar-refractivity contribution in [1.82, 2.24) is 4.57 Å². The Morgan fingerprint density at radius 3 is 2.58 bits per heavy atom. The van der Waals surface area contributed by atoms with Crippen molar-refractivity contribution < 1.29 is 4.39 Å². The molecule has 0 aliphatic heterocycles. The predicted octanol–water partition coefficient (Wildman–Crippen LogP) is 4.06. The molecule has 2 nitrogen and oxygen atoms in total. The largest absolute Gasteiger partial charge is 0.398 e. The second-order valence-corrected chi connectivity index (χ2v) is 4.93. The topological polar surface area (TPSA) is 30.9 Å². The highest BCUT2D eigenvalue weighted by Crippen LogP contribution is 2.24. The first-order chi connectivity index (χ1) is 9.13. The van der Waals surface area contributed by atoms with E-state index >= 15 is 0 Å². The van der Waals surface area contributed by atoms with Crippen LogP contribution in [0.4, 0.5) is 10.1 Å². The van der Waals surface area contributed by atoms with Gasteiger partial charge < -0.3 is 10.3 Å². The van der Waals surface area contributed by atoms with E-state index in [9.17, 15) is 4.39 Å². The van der Waals surface area contributed by atoms with Gasteiger partial charge in [-0.05, 0) is 35.9 Å². The zero-order valence-electron chi connectivity index (χ0n) is 10.1. The van der Waals surface area contributed by atoms with Crippen LogP contribution >= 0.6 is 11.6 Å². The Kier molecular flexibility index (Phi) is 2.91. The Labute approximate surface area is 115 Å². The second-order valence-electron chi connectivity index (χ2n) is 4.50. The number of benzene rings is 2. The molecule has 2 N–H and O–H groups in total. The number of rotatable bonds is 2. The molecule has 0 bridgehead atoms. The first kappa shape index (κ1) is 12.1. The molecule has 1 heterocycles. The van der Waals surface area contributed by atoms with Crippen LogP contribution in [0, 0.1) is 5.82 Å². The number of nitrogen functional groups attached to an aromatic ring is 1. The van der Waals surface area contributed by atoms with Gasteiger partial charge >= 0.3 is 0 Å². The molecule has 19 heavy (non-hydrogen) atoms. The number of aromatic nitrogens is 1. The van der Waals surface area contributed by atoms with Crippen molar-refractivity contribution in [3.8, 4) is 0 Å². The summed E-state index contributed by atoms with van der Waals surface area (Å²) in [6, 6.07) is 12.3. The maximum atomic E-state index is 13.4. The van der Waals surface area contributed by atoms with Gasteiger partial charge in [0, 0.05) is 28.8 Å². The summed E-state index contributed by atoms with van der Waals surface area (Å²) in [6.45, 7) is 0.656. The lowest BCUT2D eigenvalue weighted by atomic mass is 10.2. The van der Waals surface area contributed by atoms with Gasteiger partial charge in [0.2, 0.25) is 0 Å². The van der Waals surface area contributed by atoms with Crippen LogP contribution in [-0.2, 0) is 6.54 Å². The summed E-state index contributed by atoms with van der Waals surface area (Å²) in [5.74, 6) is -0.318. The molecule has 0 unspecified atom stereocenters. The molecule has 1 aromatic heterocycles. The van der Waals surface area contributed by atoms with Crippen molar-refractivity contribution in [2.75, 3.05) is 5.73 Å². The van der Waals surface area contributed by atoms with Crippen molar-refractivity contribution in [2.24, 2.45) is 0 Å². The van der Waals surface area contributed by atoms with Gasteiger partial charge in [-0.15, -0.1) is 0 Å². The molecule has 0 aliphatic carbocycles. The molecular weight excluding hydrogens is 263 g/mol. The lowest BCUT2D eigenvalue weighted by Gasteiger charge is -2.07. The highest BCUT2D eigenvalue weighted by atomic mass is 35.5. The van der Waals surface area contributed by atoms with Gasteiger partial charge in [-0.1, -0.05) is 23.7 Å². The third-order valence-electron chi connectivity index (χ3n) is 3.15. The van der Waals surface area contributed by atoms with E-state index in [-0.39, 0.29) is 5.82 Å². The molecule has 4 heteroatoms. The molecule has 3 aromatic rings. The number of anilines is 1. The molecule has 0 aliphatic rings. The predicted molar refractivity (Wildman–Crippen MR) is 76.9 cm³/mol. The van der Waals surface area contributed by atoms with Crippen molar-refractivity contribution in [3.63, 3.8) is 0 Å². The summed E-state index contributed by atoms with van der Waals surface area (Å²) in [5.41, 5.74) is 8.18. The van der Waals surface area contributed by atoms with Crippen molar-refractivity contribution in [2.45, 2.75) is 6.54 Å². The lowest BCUT2D eigenvalue weighted by Crippen LogP contribution is -1.98. The standard InChI is InChI=1S/C15H12ClFN2/c16-11-3-1-10(2-4-11)9-19-6-5-13-14(18)7-12(17)8-15(13)19/h1-8H,9,18H2. The van der Waals surface area contributed by atoms with E-state index in [4.69, 9.17) is 17.3 Å². The van der Waals surface area contributed by atoms with Crippen LogP contribution < -0.4 is 5.73 Å². The lowest BCUT2D eigenvalue weighted by molar-refractivity contribution is 0.629. The van der Waals surface area contributed by atoms with Gasteiger partial charge in [0.25, 0.3) is 0 Å². The number of nitrogens with zero attached hydrogens (tertiary/aromatic N) is 1. The maximum absolute atomic E-state index is 13.4. The first-order valence-electron chi connectivity index (χ1n) is 5.92. The highest BCUT2D eigenvalue weighted by molar-refractivity contribution is 6.30. The van der Waals surface area contributed by atoms with Crippen LogP contribution in [0.15, 0.2) is 48.7 Å². The van der Waals surface area contributed by atoms with E-state index in [1.165, 1.54) is 12.1 Å². The molecule has 0 atom stereocenters. The zero-order valence-corrected chi connectivity index (χ0v) is 10.9. The molecule has 0 fully saturated rings. The second kappa shape index (κ2) is 4.59. The van der Waals surface area contributed by atoms with Crippen LogP contribution in [0.1, 0.15) is 5.56 Å². The van der Waals surface area contributed by atoms with Gasteiger partial charge in [-0.2, -0.15) is 0 Å². The minimum atomic E-state index is -0.318. The molecular formula is C15H12ClFN2. The number of halogens is 2. The Balaban J connectivity index is 2.03. The van der Waals surface area contributed by atoms with Crippen LogP contribution in [0.25, 0.3) is 10.9 Å². The Bertz CT molecular complexity index is 732. The Morgan fingerprint density at radius 1 is 1.11 bits per heavy atom. The zero-order chi connectivity index (χ0) is 13.4. The van der Waals surface area contributed by atoms with Gasteiger partial charge in [0.15, 0.2) is 0 Å². The molecule has 0 amide bonds. The first-order valence-corrected chi connectivity index (χ1v) is 6.29. The molecule has 0 saturated carbocycles. The fourth-order valence-electron chi connectivity index (χ4n) is 2.21. The van der Waals surface area contributed by atoms with Crippen molar-refractivity contribution in [3.05, 3.63) is 65.1 Å². The fraction of sp³-hybridized carbons (Fsp3) is 0.0667. The third kappa shape index (κ3) is 2.29. The van der Waals surface area contributed by atoms with E-state index < -0.39 is 0 Å². The number of nitrogens with two attached hydrogens (primary N) is 1. The van der Waals surface area contributed by atoms with E-state index in [1.807, 2.05) is 41.1 Å². The average Bonchev–Trinajstić information content (AvgIpc) is 2.76. The third-order valence-corrected chi connectivity index (χ3v) is 3.40. The van der Waals surface area contributed by atoms with Gasteiger partial charge in [0.1, 0.15) is 5.82 Å². The molecule has 3 rings (SSSR count). The van der Waals surface area contributed by atoms with E-state index in [2.05, 4.69) is 0 Å². The monoisotopic (exact) mass is 274 g/mol. The van der Waals surface area contributed by atoms with Crippen LogP contribution in [0.3, 0.4) is 0 Å². The quantitative estimate of drug-likeness (QED) is 0.702. The summed E-state index contributed by atoms with van der Waals surface area (Å²) >= 11 is 5.86. The normalized spacial score (nSPS) is 11.1. The van der Waals surface area contributed by atoms with E-state index in [0.717, 1.165) is 16.5 Å². The summed E-state index contributed by atoms with van der Waals surface area (Å²) < 4.78 is 15.4. The smallest absolute Gasteiger partial charge is 0.127 e. The molecule has 0 spiro atoms. The fourth-order valence-corrected chi connectivity index (χ4v) is 2.34. The van der Waals surface area contributed by atoms with Gasteiger partial charge in [-0.25, -0.2) is 4.39 Å². The number of hydrogen-bond acceptors (Lipinski definition) is 1. The molecule has 2 aromatic carbocycles. The van der Waals surface area contributed by atoms with Crippen molar-refractivity contribution in [1.29, 1.82) is 0 Å². The minimum absolute atomic E-state index is 0.318. The van der Waals surface area contributed by atoms with Crippen LogP contribution in [0.5, 0.6) is 0 Å². The van der Waals surface area contributed by atoms with E-state index in [0.29, 0.717) is 17.3 Å². The molecule has 0 saturated heterocycles. The van der Waals surface area contributed by atoms with Crippen LogP contribution in [0.2, 0.25) is 5.02 Å². The van der Waals surface area contributed by atoms with E-state index in [1.54, 1.807) is 0 Å². The SMILES string of the molecule is Nc1cc(F)cc2c1ccn2Cc1ccc(Cl)cc1. The number of hydrogen-bond donors (Lipinski definition) is 1. The van der Waals surface area contributed by atoms with Crippen LogP contribution in [-0.4, -0.2) is 4.57 Å². The van der Waals surface area contributed by atoms with Crippen molar-refractivity contribution >= 4 is 28.2 Å². The van der Waals surface area contributed by atoms with Gasteiger partial charge in [-0.3, -0.25) is 0 Å². The summed E-state index contributed by atoms with van der Waals surface area (Å²) in [7, 11) is 0. The summed E-state index contributed by atoms with van der Waals surface area (Å²) in [6.07, 6.45) is 1.91. The highest BCUT2D eigenvalue weighted by Gasteiger charge is 2.07. The minimum Gasteiger partial charge on any atom is -0.398 e. The maximum Gasteiger partial charge on any atom is 0.127 e. The Hall–Kier alpha value is -2.00. The molecule has 0 radical (unpaired) electrons. The molecule has 96 valence electrons. The average molecular weight is 275 g/mol. The number of fused-ring (bicyclic) bond motifs is 1. The summed E-state index contributed by atoms with van der Waals surface area (Å²) in [5, 5.41) is 1.58. The summed E-state index contributed by atoms with van der Waals surface area (Å²) in [4.78, 5) is 0.